The highest BCUT2D eigenvalue weighted by atomic mass is 16.6. The molecule has 0 radical (unpaired) electrons. The quantitative estimate of drug-likeness (QED) is 0.793. The minimum Gasteiger partial charge on any atom is -0.450 e. The van der Waals surface area contributed by atoms with Gasteiger partial charge in [0.05, 0.1) is 5.56 Å². The van der Waals surface area contributed by atoms with Gasteiger partial charge in [-0.3, -0.25) is 4.79 Å². The average Bonchev–Trinajstić information content (AvgIpc) is 2.52. The molecule has 0 saturated heterocycles. The van der Waals surface area contributed by atoms with E-state index < -0.39 is 23.1 Å². The Labute approximate surface area is 136 Å². The van der Waals surface area contributed by atoms with Gasteiger partial charge in [0.2, 0.25) is 0 Å². The van der Waals surface area contributed by atoms with Crippen molar-refractivity contribution in [3.8, 4) is 0 Å². The van der Waals surface area contributed by atoms with Crippen molar-refractivity contribution in [1.29, 1.82) is 0 Å². The zero-order chi connectivity index (χ0) is 17.1. The Kier molecular flexibility index (Phi) is 4.73. The maximum absolute atomic E-state index is 12.5. The number of carbonyl (C=O) groups is 2. The van der Waals surface area contributed by atoms with Crippen molar-refractivity contribution in [2.45, 2.75) is 45.3 Å². The van der Waals surface area contributed by atoms with E-state index in [0.29, 0.717) is 12.0 Å². The standard InChI is InChI=1S/C19H22O4/c1-5-19(22-15(3)20)13-9-10-14(2)18(19,4)23-17(21)16-11-7-6-8-12-16/h6-13H,5H2,1-4H3. The molecular weight excluding hydrogens is 292 g/mol. The molecule has 23 heavy (non-hydrogen) atoms. The first-order valence-corrected chi connectivity index (χ1v) is 7.69. The molecule has 2 rings (SSSR count). The van der Waals surface area contributed by atoms with E-state index in [9.17, 15) is 9.59 Å². The predicted molar refractivity (Wildman–Crippen MR) is 87.9 cm³/mol. The van der Waals surface area contributed by atoms with Crippen molar-refractivity contribution >= 4 is 11.9 Å². The fourth-order valence-electron chi connectivity index (χ4n) is 2.90. The number of allylic oxidation sites excluding steroid dienone is 2. The van der Waals surface area contributed by atoms with Crippen molar-refractivity contribution in [2.24, 2.45) is 0 Å². The lowest BCUT2D eigenvalue weighted by Crippen LogP contribution is -2.57. The molecule has 0 heterocycles. The van der Waals surface area contributed by atoms with Crippen LogP contribution in [0.4, 0.5) is 0 Å². The molecule has 2 atom stereocenters. The summed E-state index contributed by atoms with van der Waals surface area (Å²) in [6.07, 6.45) is 5.99. The molecule has 0 saturated carbocycles. The summed E-state index contributed by atoms with van der Waals surface area (Å²) in [6.45, 7) is 6.92. The molecule has 1 aliphatic carbocycles. The molecule has 4 heteroatoms. The monoisotopic (exact) mass is 314 g/mol. The number of hydrogen-bond donors (Lipinski definition) is 0. The van der Waals surface area contributed by atoms with E-state index in [-0.39, 0.29) is 0 Å². The molecule has 122 valence electrons. The summed E-state index contributed by atoms with van der Waals surface area (Å²) in [5, 5.41) is 0. The molecule has 4 nitrogen and oxygen atoms in total. The van der Waals surface area contributed by atoms with Crippen LogP contribution in [-0.2, 0) is 14.3 Å². The van der Waals surface area contributed by atoms with E-state index in [1.165, 1.54) is 6.92 Å². The van der Waals surface area contributed by atoms with Crippen LogP contribution >= 0.6 is 0 Å². The van der Waals surface area contributed by atoms with Gasteiger partial charge >= 0.3 is 11.9 Å². The van der Waals surface area contributed by atoms with Gasteiger partial charge in [-0.1, -0.05) is 37.3 Å². The highest BCUT2D eigenvalue weighted by Gasteiger charge is 2.53. The largest absolute Gasteiger partial charge is 0.450 e. The third-order valence-electron chi connectivity index (χ3n) is 4.43. The number of ether oxygens (including phenoxy) is 2. The predicted octanol–water partition coefficient (Wildman–Crippen LogP) is 3.83. The summed E-state index contributed by atoms with van der Waals surface area (Å²) >= 11 is 0. The van der Waals surface area contributed by atoms with Crippen LogP contribution in [0.3, 0.4) is 0 Å². The SMILES string of the molecule is CCC1(OC(C)=O)C=CC=C(C)C1(C)OC(=O)c1ccccc1. The first-order chi connectivity index (χ1) is 10.8. The van der Waals surface area contributed by atoms with Crippen LogP contribution in [0.5, 0.6) is 0 Å². The van der Waals surface area contributed by atoms with Gasteiger partial charge in [0.15, 0.2) is 11.2 Å². The molecule has 1 aromatic carbocycles. The maximum Gasteiger partial charge on any atom is 0.339 e. The summed E-state index contributed by atoms with van der Waals surface area (Å²) in [5.74, 6) is -0.852. The molecule has 0 spiro atoms. The zero-order valence-electron chi connectivity index (χ0n) is 14.0. The van der Waals surface area contributed by atoms with Gasteiger partial charge in [-0.25, -0.2) is 4.79 Å². The maximum atomic E-state index is 12.5. The average molecular weight is 314 g/mol. The number of rotatable bonds is 4. The minimum absolute atomic E-state index is 0.409. The Bertz CT molecular complexity index is 659. The van der Waals surface area contributed by atoms with Crippen molar-refractivity contribution in [3.63, 3.8) is 0 Å². The number of esters is 2. The zero-order valence-corrected chi connectivity index (χ0v) is 14.0. The normalized spacial score (nSPS) is 26.3. The fraction of sp³-hybridized carbons (Fsp3) is 0.368. The van der Waals surface area contributed by atoms with Crippen LogP contribution in [0.25, 0.3) is 0 Å². The Morgan fingerprint density at radius 3 is 2.35 bits per heavy atom. The second kappa shape index (κ2) is 6.41. The summed E-state index contributed by atoms with van der Waals surface area (Å²) in [5.41, 5.74) is -0.784. The lowest BCUT2D eigenvalue weighted by Gasteiger charge is -2.46. The summed E-state index contributed by atoms with van der Waals surface area (Å²) in [7, 11) is 0. The van der Waals surface area contributed by atoms with Gasteiger partial charge in [0, 0.05) is 6.92 Å². The van der Waals surface area contributed by atoms with Crippen LogP contribution in [0.1, 0.15) is 44.5 Å². The second-order valence-electron chi connectivity index (χ2n) is 5.83. The molecule has 0 bridgehead atoms. The summed E-state index contributed by atoms with van der Waals surface area (Å²) in [6, 6.07) is 8.79. The van der Waals surface area contributed by atoms with Crippen molar-refractivity contribution in [2.75, 3.05) is 0 Å². The van der Waals surface area contributed by atoms with Gasteiger partial charge in [-0.2, -0.15) is 0 Å². The third-order valence-corrected chi connectivity index (χ3v) is 4.43. The van der Waals surface area contributed by atoms with Gasteiger partial charge in [0.1, 0.15) is 0 Å². The van der Waals surface area contributed by atoms with Crippen LogP contribution in [0.15, 0.2) is 54.1 Å². The van der Waals surface area contributed by atoms with Crippen LogP contribution in [0.2, 0.25) is 0 Å². The van der Waals surface area contributed by atoms with Gasteiger partial charge < -0.3 is 9.47 Å². The number of hydrogen-bond acceptors (Lipinski definition) is 4. The van der Waals surface area contributed by atoms with Gasteiger partial charge in [0.25, 0.3) is 0 Å². The first-order valence-electron chi connectivity index (χ1n) is 7.69. The Balaban J connectivity index is 2.41. The Morgan fingerprint density at radius 1 is 1.13 bits per heavy atom. The first kappa shape index (κ1) is 17.0. The number of benzene rings is 1. The topological polar surface area (TPSA) is 52.6 Å². The van der Waals surface area contributed by atoms with E-state index in [1.54, 1.807) is 37.3 Å². The van der Waals surface area contributed by atoms with Crippen LogP contribution in [-0.4, -0.2) is 23.1 Å². The molecule has 0 fully saturated rings. The second-order valence-corrected chi connectivity index (χ2v) is 5.83. The third kappa shape index (κ3) is 3.07. The lowest BCUT2D eigenvalue weighted by molar-refractivity contribution is -0.173. The van der Waals surface area contributed by atoms with Crippen molar-refractivity contribution < 1.29 is 19.1 Å². The number of carbonyl (C=O) groups excluding carboxylic acids is 2. The molecule has 0 aromatic heterocycles. The lowest BCUT2D eigenvalue weighted by atomic mass is 9.73. The molecule has 2 unspecified atom stereocenters. The Morgan fingerprint density at radius 2 is 1.78 bits per heavy atom. The molecule has 0 amide bonds. The van der Waals surface area contributed by atoms with E-state index in [2.05, 4.69) is 0 Å². The van der Waals surface area contributed by atoms with Crippen molar-refractivity contribution in [3.05, 3.63) is 59.7 Å². The molecule has 0 N–H and O–H groups in total. The summed E-state index contributed by atoms with van der Waals surface area (Å²) in [4.78, 5) is 24.1. The van der Waals surface area contributed by atoms with Gasteiger partial charge in [-0.05, 0) is 44.1 Å². The van der Waals surface area contributed by atoms with E-state index in [1.807, 2.05) is 32.1 Å². The smallest absolute Gasteiger partial charge is 0.339 e. The van der Waals surface area contributed by atoms with E-state index >= 15 is 0 Å². The van der Waals surface area contributed by atoms with Crippen LogP contribution in [0, 0.1) is 0 Å². The fourth-order valence-corrected chi connectivity index (χ4v) is 2.90. The molecule has 1 aromatic rings. The Hall–Kier alpha value is -2.36. The van der Waals surface area contributed by atoms with E-state index in [4.69, 9.17) is 9.47 Å². The van der Waals surface area contributed by atoms with Crippen molar-refractivity contribution in [1.82, 2.24) is 0 Å². The minimum atomic E-state index is -1.06. The van der Waals surface area contributed by atoms with Crippen LogP contribution < -0.4 is 0 Å². The molecule has 1 aliphatic rings. The van der Waals surface area contributed by atoms with Gasteiger partial charge in [-0.15, -0.1) is 0 Å². The highest BCUT2D eigenvalue weighted by Crippen LogP contribution is 2.43. The molecular formula is C19H22O4. The summed E-state index contributed by atoms with van der Waals surface area (Å²) < 4.78 is 11.5. The highest BCUT2D eigenvalue weighted by molar-refractivity contribution is 5.90. The molecule has 0 aliphatic heterocycles. The van der Waals surface area contributed by atoms with E-state index in [0.717, 1.165) is 5.57 Å².